The molecule has 0 bridgehead atoms. The van der Waals surface area contributed by atoms with Gasteiger partial charge in [-0.15, -0.1) is 24.8 Å². The van der Waals surface area contributed by atoms with Gasteiger partial charge < -0.3 is 20.3 Å². The number of rotatable bonds is 10. The summed E-state index contributed by atoms with van der Waals surface area (Å²) in [6.45, 7) is 2.85. The van der Waals surface area contributed by atoms with Crippen molar-refractivity contribution in [1.29, 1.82) is 0 Å². The molecule has 0 fully saturated rings. The summed E-state index contributed by atoms with van der Waals surface area (Å²) >= 11 is 5.84. The Bertz CT molecular complexity index is 810. The van der Waals surface area contributed by atoms with Gasteiger partial charge in [0.25, 0.3) is 0 Å². The Morgan fingerprint density at radius 1 is 1.00 bits per heavy atom. The Morgan fingerprint density at radius 3 is 1.97 bits per heavy atom. The number of hydrogen-bond donors (Lipinski definition) is 3. The molecule has 30 heavy (non-hydrogen) atoms. The van der Waals surface area contributed by atoms with Crippen LogP contribution in [0.1, 0.15) is 29.8 Å². The van der Waals surface area contributed by atoms with E-state index in [1.54, 1.807) is 62.4 Å². The summed E-state index contributed by atoms with van der Waals surface area (Å²) in [5.74, 6) is -0.0678. The first-order chi connectivity index (χ1) is 13.3. The Labute approximate surface area is 193 Å². The average Bonchev–Trinajstić information content (AvgIpc) is 2.68. The fourth-order valence-electron chi connectivity index (χ4n) is 2.69. The maximum atomic E-state index is 12.6. The number of aliphatic hydroxyl groups is 2. The van der Waals surface area contributed by atoms with Crippen LogP contribution in [-0.4, -0.2) is 53.2 Å². The second-order valence-corrected chi connectivity index (χ2v) is 7.19. The summed E-state index contributed by atoms with van der Waals surface area (Å²) in [6.07, 6.45) is 0. The van der Waals surface area contributed by atoms with Gasteiger partial charge >= 0.3 is 0 Å². The normalized spacial score (nSPS) is 11.6. The maximum absolute atomic E-state index is 12.6. The molecular formula is C21H26Cl3NO5. The number of ether oxygens (including phenoxy) is 1. The lowest BCUT2D eigenvalue weighted by atomic mass is 9.96. The van der Waals surface area contributed by atoms with Crippen LogP contribution >= 0.6 is 36.4 Å². The standard InChI is InChI=1S/C21H24ClNO5.2ClH/c1-21(2,20(27)18(13-25)23-11-12-24)28-17-9-5-15(6-10-17)19(26)14-3-7-16(22)8-4-14;;/h3-10,18,23-25H,11-13H2,1-2H3;2*1H. The van der Waals surface area contributed by atoms with E-state index in [2.05, 4.69) is 5.32 Å². The van der Waals surface area contributed by atoms with Crippen molar-refractivity contribution < 1.29 is 24.5 Å². The number of nitrogens with one attached hydrogen (secondary N) is 1. The van der Waals surface area contributed by atoms with Crippen molar-refractivity contribution in [2.75, 3.05) is 19.8 Å². The third-order valence-electron chi connectivity index (χ3n) is 4.19. The number of hydrogen-bond acceptors (Lipinski definition) is 6. The van der Waals surface area contributed by atoms with E-state index in [-0.39, 0.29) is 49.5 Å². The molecule has 1 atom stereocenters. The molecule has 9 heteroatoms. The van der Waals surface area contributed by atoms with E-state index in [1.165, 1.54) is 0 Å². The summed E-state index contributed by atoms with van der Waals surface area (Å²) in [7, 11) is 0. The molecule has 0 spiro atoms. The lowest BCUT2D eigenvalue weighted by Crippen LogP contribution is -2.52. The van der Waals surface area contributed by atoms with Crippen LogP contribution in [0.5, 0.6) is 5.75 Å². The third-order valence-corrected chi connectivity index (χ3v) is 4.44. The number of halogens is 3. The van der Waals surface area contributed by atoms with Crippen LogP contribution in [-0.2, 0) is 4.79 Å². The van der Waals surface area contributed by atoms with Crippen molar-refractivity contribution in [2.45, 2.75) is 25.5 Å². The predicted molar refractivity (Wildman–Crippen MR) is 121 cm³/mol. The summed E-state index contributed by atoms with van der Waals surface area (Å²) < 4.78 is 5.79. The number of carbonyl (C=O) groups is 2. The molecule has 0 amide bonds. The highest BCUT2D eigenvalue weighted by molar-refractivity contribution is 6.30. The van der Waals surface area contributed by atoms with Crippen molar-refractivity contribution in [3.63, 3.8) is 0 Å². The first-order valence-electron chi connectivity index (χ1n) is 8.87. The molecule has 166 valence electrons. The van der Waals surface area contributed by atoms with E-state index < -0.39 is 18.2 Å². The smallest absolute Gasteiger partial charge is 0.194 e. The molecule has 2 aromatic rings. The van der Waals surface area contributed by atoms with Crippen LogP contribution in [0.25, 0.3) is 0 Å². The minimum atomic E-state index is -1.21. The molecule has 1 unspecified atom stereocenters. The van der Waals surface area contributed by atoms with Crippen molar-refractivity contribution >= 4 is 48.0 Å². The molecule has 6 nitrogen and oxygen atoms in total. The highest BCUT2D eigenvalue weighted by atomic mass is 35.5. The van der Waals surface area contributed by atoms with Gasteiger partial charge in [0.2, 0.25) is 0 Å². The summed E-state index contributed by atoms with van der Waals surface area (Å²) in [5, 5.41) is 21.6. The largest absolute Gasteiger partial charge is 0.480 e. The molecular weight excluding hydrogens is 453 g/mol. The number of Topliss-reactive ketones (excluding diaryl/α,β-unsaturated/α-hetero) is 1. The van der Waals surface area contributed by atoms with Gasteiger partial charge in [-0.1, -0.05) is 11.6 Å². The molecule has 0 aliphatic heterocycles. The van der Waals surface area contributed by atoms with E-state index in [9.17, 15) is 14.7 Å². The van der Waals surface area contributed by atoms with Gasteiger partial charge in [0.15, 0.2) is 17.2 Å². The quantitative estimate of drug-likeness (QED) is 0.454. The fourth-order valence-corrected chi connectivity index (χ4v) is 2.81. The predicted octanol–water partition coefficient (Wildman–Crippen LogP) is 3.08. The van der Waals surface area contributed by atoms with Crippen LogP contribution in [0.3, 0.4) is 0 Å². The molecule has 2 aromatic carbocycles. The SMILES string of the molecule is CC(C)(Oc1ccc(C(=O)c2ccc(Cl)cc2)cc1)C(=O)C(CO)NCCO.Cl.Cl. The summed E-state index contributed by atoms with van der Waals surface area (Å²) in [5.41, 5.74) is -0.205. The van der Waals surface area contributed by atoms with E-state index in [0.717, 1.165) is 0 Å². The monoisotopic (exact) mass is 477 g/mol. The highest BCUT2D eigenvalue weighted by Gasteiger charge is 2.35. The molecule has 0 aliphatic rings. The van der Waals surface area contributed by atoms with Gasteiger partial charge in [0.05, 0.1) is 19.3 Å². The molecule has 0 aliphatic carbocycles. The Hall–Kier alpha value is -1.67. The first-order valence-corrected chi connectivity index (χ1v) is 9.25. The summed E-state index contributed by atoms with van der Waals surface area (Å²) in [4.78, 5) is 25.1. The van der Waals surface area contributed by atoms with Crippen molar-refractivity contribution in [3.05, 3.63) is 64.7 Å². The van der Waals surface area contributed by atoms with E-state index in [1.807, 2.05) is 0 Å². The zero-order valence-corrected chi connectivity index (χ0v) is 19.0. The minimum Gasteiger partial charge on any atom is -0.480 e. The Kier molecular flexibility index (Phi) is 12.2. The van der Waals surface area contributed by atoms with Crippen molar-refractivity contribution in [2.24, 2.45) is 0 Å². The van der Waals surface area contributed by atoms with Crippen molar-refractivity contribution in [1.82, 2.24) is 5.32 Å². The molecule has 3 N–H and O–H groups in total. The topological polar surface area (TPSA) is 95.9 Å². The average molecular weight is 479 g/mol. The zero-order chi connectivity index (χ0) is 20.7. The fraction of sp³-hybridized carbons (Fsp3) is 0.333. The second kappa shape index (κ2) is 12.9. The van der Waals surface area contributed by atoms with Crippen LogP contribution < -0.4 is 10.1 Å². The van der Waals surface area contributed by atoms with E-state index >= 15 is 0 Å². The second-order valence-electron chi connectivity index (χ2n) is 6.75. The van der Waals surface area contributed by atoms with Crippen molar-refractivity contribution in [3.8, 4) is 5.75 Å². The lowest BCUT2D eigenvalue weighted by Gasteiger charge is -2.29. The molecule has 2 rings (SSSR count). The number of benzene rings is 2. The van der Waals surface area contributed by atoms with Crippen LogP contribution in [0, 0.1) is 0 Å². The van der Waals surface area contributed by atoms with Gasteiger partial charge in [-0.25, -0.2) is 0 Å². The number of ketones is 2. The van der Waals surface area contributed by atoms with Crippen LogP contribution in [0.2, 0.25) is 5.02 Å². The first kappa shape index (κ1) is 28.3. The van der Waals surface area contributed by atoms with E-state index in [0.29, 0.717) is 21.9 Å². The summed E-state index contributed by atoms with van der Waals surface area (Å²) in [6, 6.07) is 12.3. The number of carbonyl (C=O) groups excluding carboxylic acids is 2. The molecule has 0 heterocycles. The Balaban J connectivity index is 0.00000420. The highest BCUT2D eigenvalue weighted by Crippen LogP contribution is 2.22. The van der Waals surface area contributed by atoms with Gasteiger partial charge in [-0.3, -0.25) is 9.59 Å². The van der Waals surface area contributed by atoms with Gasteiger partial charge in [-0.05, 0) is 62.4 Å². The molecule has 0 radical (unpaired) electrons. The maximum Gasteiger partial charge on any atom is 0.194 e. The van der Waals surface area contributed by atoms with Crippen LogP contribution in [0.4, 0.5) is 0 Å². The Morgan fingerprint density at radius 2 is 1.50 bits per heavy atom. The van der Waals surface area contributed by atoms with Crippen LogP contribution in [0.15, 0.2) is 48.5 Å². The van der Waals surface area contributed by atoms with Gasteiger partial charge in [-0.2, -0.15) is 0 Å². The lowest BCUT2D eigenvalue weighted by molar-refractivity contribution is -0.135. The third kappa shape index (κ3) is 7.54. The minimum absolute atomic E-state index is 0. The van der Waals surface area contributed by atoms with Gasteiger partial charge in [0.1, 0.15) is 5.75 Å². The zero-order valence-electron chi connectivity index (χ0n) is 16.6. The van der Waals surface area contributed by atoms with E-state index in [4.69, 9.17) is 21.4 Å². The van der Waals surface area contributed by atoms with Gasteiger partial charge in [0, 0.05) is 22.7 Å². The molecule has 0 saturated heterocycles. The number of aliphatic hydroxyl groups excluding tert-OH is 2. The molecule has 0 aromatic heterocycles. The molecule has 0 saturated carbocycles.